The molecule has 0 bridgehead atoms. The van der Waals surface area contributed by atoms with E-state index in [0.717, 1.165) is 10.8 Å². The van der Waals surface area contributed by atoms with Crippen molar-refractivity contribution in [3.63, 3.8) is 0 Å². The Balaban J connectivity index is 1.67. The van der Waals surface area contributed by atoms with E-state index in [4.69, 9.17) is 13.8 Å². The van der Waals surface area contributed by atoms with Gasteiger partial charge in [-0.2, -0.15) is 0 Å². The Morgan fingerprint density at radius 3 is 2.69 bits per heavy atom. The van der Waals surface area contributed by atoms with Crippen molar-refractivity contribution in [3.8, 4) is 22.6 Å². The third kappa shape index (κ3) is 2.53. The van der Waals surface area contributed by atoms with Crippen LogP contribution in [0.5, 0.6) is 0 Å². The van der Waals surface area contributed by atoms with Crippen LogP contribution in [0.1, 0.15) is 10.4 Å². The van der Waals surface area contributed by atoms with Crippen molar-refractivity contribution in [1.29, 1.82) is 0 Å². The fourth-order valence-electron chi connectivity index (χ4n) is 4.11. The highest BCUT2D eigenvalue weighted by Gasteiger charge is 2.23. The lowest BCUT2D eigenvalue weighted by molar-refractivity contribution is 0.0697. The molecule has 32 heavy (non-hydrogen) atoms. The molecule has 8 heteroatoms. The number of hydrogen-bond donors (Lipinski definition) is 2. The lowest BCUT2D eigenvalue weighted by Gasteiger charge is -2.04. The van der Waals surface area contributed by atoms with E-state index >= 15 is 0 Å². The second-order valence-electron chi connectivity index (χ2n) is 7.51. The molecule has 6 rings (SSSR count). The van der Waals surface area contributed by atoms with E-state index in [-0.39, 0.29) is 11.0 Å². The number of furan rings is 2. The van der Waals surface area contributed by atoms with Gasteiger partial charge in [-0.05, 0) is 30.3 Å². The number of carboxylic acid groups (broad SMARTS) is 1. The maximum Gasteiger partial charge on any atom is 0.336 e. The molecule has 0 spiro atoms. The van der Waals surface area contributed by atoms with Gasteiger partial charge in [0.15, 0.2) is 16.7 Å². The van der Waals surface area contributed by atoms with Crippen molar-refractivity contribution in [2.24, 2.45) is 7.05 Å². The number of aromatic amines is 1. The van der Waals surface area contributed by atoms with Gasteiger partial charge in [0.2, 0.25) is 0 Å². The molecule has 156 valence electrons. The van der Waals surface area contributed by atoms with Crippen molar-refractivity contribution >= 4 is 39.1 Å². The Kier molecular flexibility index (Phi) is 3.67. The normalized spacial score (nSPS) is 11.7. The van der Waals surface area contributed by atoms with Crippen LogP contribution >= 0.6 is 0 Å². The fourth-order valence-corrected chi connectivity index (χ4v) is 4.11. The van der Waals surface area contributed by atoms with Crippen LogP contribution in [0.3, 0.4) is 0 Å². The maximum atomic E-state index is 11.8. The first-order valence-corrected chi connectivity index (χ1v) is 9.84. The molecule has 2 aromatic carbocycles. The summed E-state index contributed by atoms with van der Waals surface area (Å²) in [5.74, 6) is -0.108. The van der Waals surface area contributed by atoms with Crippen molar-refractivity contribution in [2.75, 3.05) is 0 Å². The first kappa shape index (κ1) is 18.2. The van der Waals surface area contributed by atoms with Gasteiger partial charge in [0, 0.05) is 30.3 Å². The average Bonchev–Trinajstić information content (AvgIpc) is 3.49. The maximum absolute atomic E-state index is 11.8. The van der Waals surface area contributed by atoms with E-state index in [1.807, 2.05) is 7.05 Å². The number of aromatic carboxylic acids is 1. The van der Waals surface area contributed by atoms with Crippen molar-refractivity contribution < 1.29 is 18.7 Å². The number of fused-ring (bicyclic) bond motifs is 4. The smallest absolute Gasteiger partial charge is 0.336 e. The molecular weight excluding hydrogens is 410 g/mol. The third-order valence-electron chi connectivity index (χ3n) is 5.59. The number of benzene rings is 2. The van der Waals surface area contributed by atoms with Gasteiger partial charge in [0.1, 0.15) is 22.6 Å². The average molecular weight is 425 g/mol. The van der Waals surface area contributed by atoms with E-state index in [0.29, 0.717) is 45.0 Å². The Labute approximate surface area is 179 Å². The second kappa shape index (κ2) is 6.45. The number of rotatable bonds is 3. The third-order valence-corrected chi connectivity index (χ3v) is 5.59. The summed E-state index contributed by atoms with van der Waals surface area (Å²) >= 11 is 0. The Morgan fingerprint density at radius 2 is 1.84 bits per heavy atom. The van der Waals surface area contributed by atoms with E-state index in [2.05, 4.69) is 5.10 Å². The van der Waals surface area contributed by atoms with Gasteiger partial charge < -0.3 is 19.0 Å². The van der Waals surface area contributed by atoms with Crippen molar-refractivity contribution in [3.05, 3.63) is 76.6 Å². The molecule has 0 amide bonds. The number of aryl methyl sites for hydroxylation is 1. The molecule has 0 atom stereocenters. The lowest BCUT2D eigenvalue weighted by Crippen LogP contribution is -1.98. The molecular formula is C24H15N3O5. The molecule has 8 nitrogen and oxygen atoms in total. The van der Waals surface area contributed by atoms with E-state index in [1.165, 1.54) is 18.2 Å². The summed E-state index contributed by atoms with van der Waals surface area (Å²) in [5.41, 5.74) is 3.39. The van der Waals surface area contributed by atoms with Crippen LogP contribution in [0, 0.1) is 0 Å². The van der Waals surface area contributed by atoms with Crippen LogP contribution in [-0.2, 0) is 7.05 Å². The zero-order valence-electron chi connectivity index (χ0n) is 16.7. The Bertz CT molecular complexity index is 1750. The van der Waals surface area contributed by atoms with Crippen LogP contribution < -0.4 is 5.43 Å². The van der Waals surface area contributed by atoms with Crippen molar-refractivity contribution in [2.45, 2.75) is 0 Å². The SMILES string of the molecule is Cn1[nH]cc2c(-c3ccc(-c4ccccc4C(=O)O)o3)c3oc4cc(=O)ccc4c3nc21. The molecule has 0 unspecified atom stereocenters. The molecule has 0 saturated heterocycles. The first-order chi connectivity index (χ1) is 15.5. The number of hydrogen-bond acceptors (Lipinski definition) is 5. The molecule has 0 fully saturated rings. The molecule has 0 aliphatic carbocycles. The number of carboxylic acids is 1. The van der Waals surface area contributed by atoms with Gasteiger partial charge in [0.05, 0.1) is 16.5 Å². The van der Waals surface area contributed by atoms with Gasteiger partial charge in [-0.25, -0.2) is 9.78 Å². The standard InChI is InChI=1S/C24H15N3O5/c1-27-23-16(11-25-27)20(22-21(26-23)15-7-6-12(28)10-19(15)32-22)18-9-8-17(31-18)13-4-2-3-5-14(13)24(29)30/h2-11,25H,1H3,(H,29,30). The number of carbonyl (C=O) groups is 1. The minimum Gasteiger partial charge on any atom is -0.478 e. The highest BCUT2D eigenvalue weighted by atomic mass is 16.4. The van der Waals surface area contributed by atoms with Crippen LogP contribution in [0.15, 0.2) is 74.4 Å². The predicted octanol–water partition coefficient (Wildman–Crippen LogP) is 4.79. The monoisotopic (exact) mass is 425 g/mol. The molecule has 0 radical (unpaired) electrons. The zero-order chi connectivity index (χ0) is 22.0. The zero-order valence-corrected chi connectivity index (χ0v) is 16.7. The van der Waals surface area contributed by atoms with Gasteiger partial charge in [-0.3, -0.25) is 9.48 Å². The largest absolute Gasteiger partial charge is 0.478 e. The van der Waals surface area contributed by atoms with Gasteiger partial charge in [0.25, 0.3) is 0 Å². The summed E-state index contributed by atoms with van der Waals surface area (Å²) in [6.07, 6.45) is 1.80. The first-order valence-electron chi connectivity index (χ1n) is 9.84. The van der Waals surface area contributed by atoms with Crippen molar-refractivity contribution in [1.82, 2.24) is 14.8 Å². The lowest BCUT2D eigenvalue weighted by atomic mass is 10.1. The molecule has 4 heterocycles. The quantitative estimate of drug-likeness (QED) is 0.421. The molecule has 0 aliphatic rings. The van der Waals surface area contributed by atoms with Gasteiger partial charge in [-0.1, -0.05) is 18.2 Å². The summed E-state index contributed by atoms with van der Waals surface area (Å²) in [4.78, 5) is 28.3. The fraction of sp³-hybridized carbons (Fsp3) is 0.0417. The Hall–Kier alpha value is -4.59. The highest BCUT2D eigenvalue weighted by Crippen LogP contribution is 2.41. The number of aromatic nitrogens is 3. The molecule has 0 saturated carbocycles. The van der Waals surface area contributed by atoms with Crippen LogP contribution in [0.4, 0.5) is 0 Å². The summed E-state index contributed by atoms with van der Waals surface area (Å²) in [6.45, 7) is 0. The summed E-state index contributed by atoms with van der Waals surface area (Å²) in [7, 11) is 1.85. The van der Waals surface area contributed by atoms with E-state index < -0.39 is 5.97 Å². The van der Waals surface area contributed by atoms with Crippen LogP contribution in [0.25, 0.3) is 55.7 Å². The summed E-state index contributed by atoms with van der Waals surface area (Å²) in [5, 5.41) is 14.2. The number of nitrogens with zero attached hydrogens (tertiary/aromatic N) is 2. The molecule has 2 N–H and O–H groups in total. The number of nitrogens with one attached hydrogen (secondary N) is 1. The van der Waals surface area contributed by atoms with Crippen LogP contribution in [0.2, 0.25) is 0 Å². The number of H-pyrrole nitrogens is 1. The number of pyridine rings is 1. The summed E-state index contributed by atoms with van der Waals surface area (Å²) < 4.78 is 14.0. The summed E-state index contributed by atoms with van der Waals surface area (Å²) in [6, 6.07) is 14.8. The van der Waals surface area contributed by atoms with E-state index in [9.17, 15) is 14.7 Å². The van der Waals surface area contributed by atoms with E-state index in [1.54, 1.807) is 47.3 Å². The minimum atomic E-state index is -1.03. The molecule has 4 aromatic heterocycles. The topological polar surface area (TPSA) is 114 Å². The van der Waals surface area contributed by atoms with Gasteiger partial charge >= 0.3 is 5.97 Å². The minimum absolute atomic E-state index is 0.151. The highest BCUT2D eigenvalue weighted by molar-refractivity contribution is 6.13. The predicted molar refractivity (Wildman–Crippen MR) is 119 cm³/mol. The molecule has 0 aliphatic heterocycles. The van der Waals surface area contributed by atoms with Gasteiger partial charge in [-0.15, -0.1) is 0 Å². The van der Waals surface area contributed by atoms with Crippen LogP contribution in [-0.4, -0.2) is 25.8 Å². The Morgan fingerprint density at radius 1 is 1.03 bits per heavy atom. The molecule has 6 aromatic rings. The second-order valence-corrected chi connectivity index (χ2v) is 7.51.